The second-order valence-corrected chi connectivity index (χ2v) is 22.6. The van der Waals surface area contributed by atoms with Crippen LogP contribution >= 0.6 is 0 Å². The van der Waals surface area contributed by atoms with E-state index < -0.39 is 136 Å². The molecule has 24 atom stereocenters. The lowest BCUT2D eigenvalue weighted by Gasteiger charge is -2.58. The van der Waals surface area contributed by atoms with Crippen LogP contribution in [0.1, 0.15) is 105 Å². The van der Waals surface area contributed by atoms with Crippen LogP contribution in [-0.2, 0) is 37.9 Å². The summed E-state index contributed by atoms with van der Waals surface area (Å²) in [6.07, 6.45) is -7.10. The van der Waals surface area contributed by atoms with Crippen molar-refractivity contribution in [3.63, 3.8) is 0 Å². The summed E-state index contributed by atoms with van der Waals surface area (Å²) >= 11 is 0. The van der Waals surface area contributed by atoms with E-state index in [1.54, 1.807) is 0 Å². The second-order valence-electron chi connectivity index (χ2n) is 22.6. The first-order valence-electron chi connectivity index (χ1n) is 25.9. The van der Waals surface area contributed by atoms with Gasteiger partial charge < -0.3 is 94.1 Å². The van der Waals surface area contributed by atoms with Crippen LogP contribution in [0.25, 0.3) is 0 Å². The predicted molar refractivity (Wildman–Crippen MR) is 247 cm³/mol. The first-order valence-corrected chi connectivity index (χ1v) is 25.9. The Morgan fingerprint density at radius 2 is 1.23 bits per heavy atom. The quantitative estimate of drug-likeness (QED) is 0.0931. The van der Waals surface area contributed by atoms with Gasteiger partial charge >= 0.3 is 0 Å². The van der Waals surface area contributed by atoms with Crippen LogP contribution in [0.5, 0.6) is 0 Å². The van der Waals surface area contributed by atoms with E-state index in [0.29, 0.717) is 23.7 Å². The fraction of sp³-hybridized carbons (Fsp3) is 0.882. The molecule has 2 saturated heterocycles. The van der Waals surface area contributed by atoms with E-state index in [9.17, 15) is 56.2 Å². The first-order chi connectivity index (χ1) is 33.3. The molecule has 70 heavy (non-hydrogen) atoms. The van der Waals surface area contributed by atoms with Gasteiger partial charge in [0.2, 0.25) is 0 Å². The molecular weight excluding hydrogens is 917 g/mol. The van der Waals surface area contributed by atoms with Gasteiger partial charge in [-0.1, -0.05) is 65.5 Å². The zero-order valence-corrected chi connectivity index (χ0v) is 41.3. The summed E-state index contributed by atoms with van der Waals surface area (Å²) < 4.78 is 46.8. The number of allylic oxidation sites excluding steroid dienone is 1. The van der Waals surface area contributed by atoms with Crippen molar-refractivity contribution in [1.29, 1.82) is 0 Å². The number of hydrogen-bond acceptors (Lipinski definition) is 19. The maximum absolute atomic E-state index is 11.5. The highest BCUT2D eigenvalue weighted by atomic mass is 16.8. The molecule has 3 saturated carbocycles. The third-order valence-electron chi connectivity index (χ3n) is 18.0. The minimum atomic E-state index is -1.82. The maximum atomic E-state index is 11.5. The van der Waals surface area contributed by atoms with Gasteiger partial charge in [-0.2, -0.15) is 0 Å². The molecule has 0 amide bonds. The van der Waals surface area contributed by atoms with Crippen molar-refractivity contribution < 1.29 is 94.1 Å². The van der Waals surface area contributed by atoms with Crippen molar-refractivity contribution >= 4 is 0 Å². The molecule has 0 aromatic carbocycles. The van der Waals surface area contributed by atoms with Crippen LogP contribution in [0.2, 0.25) is 0 Å². The van der Waals surface area contributed by atoms with Crippen molar-refractivity contribution in [2.24, 2.45) is 46.3 Å². The molecular formula is C51H82O19. The lowest BCUT2D eigenvalue weighted by atomic mass is 9.47. The zero-order valence-electron chi connectivity index (χ0n) is 41.3. The highest BCUT2D eigenvalue weighted by Crippen LogP contribution is 2.67. The van der Waals surface area contributed by atoms with Crippen molar-refractivity contribution in [2.45, 2.75) is 210 Å². The van der Waals surface area contributed by atoms with E-state index in [-0.39, 0.29) is 11.5 Å². The summed E-state index contributed by atoms with van der Waals surface area (Å²) in [5, 5.41) is 116. The lowest BCUT2D eigenvalue weighted by molar-refractivity contribution is -0.343. The third-order valence-corrected chi connectivity index (χ3v) is 18.0. The van der Waals surface area contributed by atoms with Crippen molar-refractivity contribution in [3.8, 4) is 0 Å². The number of aliphatic hydroxyl groups excluding tert-OH is 11. The highest BCUT2D eigenvalue weighted by Gasteiger charge is 2.60. The summed E-state index contributed by atoms with van der Waals surface area (Å²) in [7, 11) is 0. The van der Waals surface area contributed by atoms with Gasteiger partial charge in [0, 0.05) is 12.2 Å². The van der Waals surface area contributed by atoms with E-state index in [1.165, 1.54) is 50.5 Å². The van der Waals surface area contributed by atoms with Crippen LogP contribution < -0.4 is 0 Å². The molecule has 11 N–H and O–H groups in total. The molecule has 0 aromatic rings. The summed E-state index contributed by atoms with van der Waals surface area (Å²) in [5.41, 5.74) is 1.86. The molecule has 0 bridgehead atoms. The van der Waals surface area contributed by atoms with Gasteiger partial charge in [0.1, 0.15) is 84.8 Å². The average Bonchev–Trinajstić information content (AvgIpc) is 3.69. The van der Waals surface area contributed by atoms with Crippen molar-refractivity contribution in [2.75, 3.05) is 26.4 Å². The van der Waals surface area contributed by atoms with Crippen molar-refractivity contribution in [1.82, 2.24) is 0 Å². The van der Waals surface area contributed by atoms with E-state index >= 15 is 0 Å². The lowest BCUT2D eigenvalue weighted by Crippen LogP contribution is -2.62. The molecule has 8 rings (SSSR count). The Morgan fingerprint density at radius 1 is 0.643 bits per heavy atom. The molecule has 0 aromatic heterocycles. The van der Waals surface area contributed by atoms with Crippen LogP contribution in [0.15, 0.2) is 35.3 Å². The van der Waals surface area contributed by atoms with Gasteiger partial charge in [0.15, 0.2) is 25.2 Å². The summed E-state index contributed by atoms with van der Waals surface area (Å²) in [4.78, 5) is 0. The molecule has 0 spiro atoms. The van der Waals surface area contributed by atoms with Gasteiger partial charge in [-0.15, -0.1) is 0 Å². The van der Waals surface area contributed by atoms with Gasteiger partial charge in [-0.05, 0) is 97.7 Å². The van der Waals surface area contributed by atoms with Crippen LogP contribution in [0.3, 0.4) is 0 Å². The Morgan fingerprint density at radius 3 is 1.84 bits per heavy atom. The molecule has 400 valence electrons. The van der Waals surface area contributed by atoms with Gasteiger partial charge in [0.05, 0.1) is 32.5 Å². The Bertz CT molecular complexity index is 1830. The fourth-order valence-corrected chi connectivity index (χ4v) is 14.0. The number of ether oxygens (including phenoxy) is 8. The Balaban J connectivity index is 0.839. The van der Waals surface area contributed by atoms with Gasteiger partial charge in [-0.3, -0.25) is 0 Å². The standard InChI is InChI=1S/C51H82O19/c1-24(2)7-6-8-25(3)29-11-12-30-28-10-9-26-17-27(13-15-50(26,4)31(28)14-16-51(29,30)5)64-49-45(62)43(60)47(36(22-54)68-49)70-39-19-33(56)41(58)37(66-39)23-63-48-44(61)42(59)46(35(21-53)67-48)69-38-18-32(55)40(57)34(20-52)65-38/h9,18-19,24-25,27-31,34-49,52-62H,6-8,10-17,20-23H2,1-5H3/t25-,27+,28+,29-,30+,31+,34?,35?,36?,37?,38-,39-,40+,41+,42?,43?,44?,45?,46-,47-,48-,49-,50+,51-/m1/s1. The highest BCUT2D eigenvalue weighted by molar-refractivity contribution is 5.26. The molecule has 4 aliphatic heterocycles. The molecule has 8 unspecified atom stereocenters. The van der Waals surface area contributed by atoms with Crippen LogP contribution in [0, 0.1) is 46.3 Å². The summed E-state index contributed by atoms with van der Waals surface area (Å²) in [5.74, 6) is 3.17. The topological polar surface area (TPSA) is 296 Å². The number of rotatable bonds is 17. The van der Waals surface area contributed by atoms with Crippen molar-refractivity contribution in [3.05, 3.63) is 35.3 Å². The van der Waals surface area contributed by atoms with Crippen LogP contribution in [-0.4, -0.2) is 187 Å². The minimum Gasteiger partial charge on any atom is -0.510 e. The first kappa shape index (κ1) is 54.4. The molecule has 19 nitrogen and oxygen atoms in total. The summed E-state index contributed by atoms with van der Waals surface area (Å²) in [6.45, 7) is 9.55. The predicted octanol–water partition coefficient (Wildman–Crippen LogP) is 2.13. The van der Waals surface area contributed by atoms with E-state index in [1.807, 2.05) is 0 Å². The SMILES string of the molecule is CC(C)CCC[C@@H](C)[C@H]1CC[C@H]2[C@@H]3CC=C4C[C@@H](O[C@@H]5OC(CO)[C@@H](O[C@@H]6C=C(O)[C@H](O)C(CO[C@@H]7OC(CO)[C@@H](O[C@@H]8C=C(O)[C@H](O)C(CO)O8)C(O)C7O)O6)C(O)C5O)CC[C@]4(C)[C@H]3CC[C@]12C. The number of fused-ring (bicyclic) bond motifs is 5. The Hall–Kier alpha value is -1.86. The zero-order chi connectivity index (χ0) is 50.4. The molecule has 4 heterocycles. The number of hydrogen-bond donors (Lipinski definition) is 11. The maximum Gasteiger partial charge on any atom is 0.186 e. The molecule has 19 heteroatoms. The molecule has 8 aliphatic rings. The average molecular weight is 999 g/mol. The van der Waals surface area contributed by atoms with Crippen LogP contribution in [0.4, 0.5) is 0 Å². The Labute approximate surface area is 411 Å². The van der Waals surface area contributed by atoms with E-state index in [2.05, 4.69) is 40.7 Å². The molecule has 4 aliphatic carbocycles. The summed E-state index contributed by atoms with van der Waals surface area (Å²) in [6, 6.07) is 0. The smallest absolute Gasteiger partial charge is 0.186 e. The second kappa shape index (κ2) is 22.5. The monoisotopic (exact) mass is 999 g/mol. The molecule has 0 radical (unpaired) electrons. The normalized spacial score (nSPS) is 47.9. The third kappa shape index (κ3) is 10.8. The van der Waals surface area contributed by atoms with E-state index in [4.69, 9.17) is 37.9 Å². The fourth-order valence-electron chi connectivity index (χ4n) is 14.0. The van der Waals surface area contributed by atoms with E-state index in [0.717, 1.165) is 55.1 Å². The number of aliphatic hydroxyl groups is 11. The van der Waals surface area contributed by atoms with Gasteiger partial charge in [0.25, 0.3) is 0 Å². The molecule has 5 fully saturated rings. The van der Waals surface area contributed by atoms with Gasteiger partial charge in [-0.25, -0.2) is 0 Å². The Kier molecular flexibility index (Phi) is 17.5. The minimum absolute atomic E-state index is 0.0657. The largest absolute Gasteiger partial charge is 0.510 e.